The Morgan fingerprint density at radius 1 is 0.882 bits per heavy atom. The molecule has 0 aromatic carbocycles. The smallest absolute Gasteiger partial charge is 0.0125 e. The van der Waals surface area contributed by atoms with Gasteiger partial charge in [0.2, 0.25) is 0 Å². The lowest BCUT2D eigenvalue weighted by Gasteiger charge is -2.33. The van der Waals surface area contributed by atoms with Gasteiger partial charge < -0.3 is 4.90 Å². The second kappa shape index (κ2) is 5.71. The summed E-state index contributed by atoms with van der Waals surface area (Å²) in [7, 11) is 0. The normalized spacial score (nSPS) is 30.4. The number of likely N-dealkylation sites (tertiary alicyclic amines) is 2. The van der Waals surface area contributed by atoms with Crippen LogP contribution in [0.25, 0.3) is 0 Å². The first-order chi connectivity index (χ1) is 7.88. The van der Waals surface area contributed by atoms with Crippen LogP contribution in [0.3, 0.4) is 0 Å². The molecule has 0 aliphatic carbocycles. The molecule has 0 radical (unpaired) electrons. The third-order valence-electron chi connectivity index (χ3n) is 4.19. The van der Waals surface area contributed by atoms with Crippen molar-refractivity contribution in [1.29, 1.82) is 0 Å². The predicted molar refractivity (Wildman–Crippen MR) is 76.4 cm³/mol. The Hall–Kier alpha value is -0.0800. The standard InChI is InChI=1S/C13H26N2.C2H6/c1-10(2)14-6-11-8-15(13(3,4)5)9-12(11)7-14;1-2/h10-12H,6-9H2,1-5H3;1-2H3. The summed E-state index contributed by atoms with van der Waals surface area (Å²) in [5.41, 5.74) is 0.368. The molecule has 2 unspecified atom stereocenters. The van der Waals surface area contributed by atoms with Gasteiger partial charge in [0.05, 0.1) is 0 Å². The van der Waals surface area contributed by atoms with E-state index in [1.807, 2.05) is 13.8 Å². The van der Waals surface area contributed by atoms with Crippen LogP contribution in [-0.2, 0) is 0 Å². The number of nitrogens with zero attached hydrogens (tertiary/aromatic N) is 2. The van der Waals surface area contributed by atoms with E-state index in [-0.39, 0.29) is 0 Å². The molecule has 17 heavy (non-hydrogen) atoms. The lowest BCUT2D eigenvalue weighted by Crippen LogP contribution is -2.42. The summed E-state index contributed by atoms with van der Waals surface area (Å²) in [5.74, 6) is 1.87. The first-order valence-corrected chi connectivity index (χ1v) is 7.37. The van der Waals surface area contributed by atoms with Gasteiger partial charge in [-0.1, -0.05) is 13.8 Å². The van der Waals surface area contributed by atoms with E-state index in [4.69, 9.17) is 0 Å². The minimum absolute atomic E-state index is 0.368. The van der Waals surface area contributed by atoms with Crippen LogP contribution in [0.1, 0.15) is 48.5 Å². The monoisotopic (exact) mass is 240 g/mol. The molecule has 102 valence electrons. The van der Waals surface area contributed by atoms with E-state index in [9.17, 15) is 0 Å². The molecule has 2 saturated heterocycles. The summed E-state index contributed by atoms with van der Waals surface area (Å²) in [6, 6.07) is 0.735. The minimum atomic E-state index is 0.368. The van der Waals surface area contributed by atoms with Crippen LogP contribution in [-0.4, -0.2) is 47.6 Å². The predicted octanol–water partition coefficient (Wildman–Crippen LogP) is 3.08. The number of rotatable bonds is 1. The third kappa shape index (κ3) is 3.45. The molecule has 2 heteroatoms. The molecule has 2 fully saturated rings. The van der Waals surface area contributed by atoms with Gasteiger partial charge in [-0.15, -0.1) is 0 Å². The minimum Gasteiger partial charge on any atom is -0.300 e. The molecule has 2 aliphatic rings. The fourth-order valence-electron chi connectivity index (χ4n) is 3.00. The van der Waals surface area contributed by atoms with Crippen molar-refractivity contribution in [2.75, 3.05) is 26.2 Å². The van der Waals surface area contributed by atoms with E-state index in [2.05, 4.69) is 44.4 Å². The van der Waals surface area contributed by atoms with E-state index in [0.29, 0.717) is 5.54 Å². The molecular formula is C15H32N2. The molecule has 0 aromatic heterocycles. The highest BCUT2D eigenvalue weighted by Crippen LogP contribution is 2.35. The summed E-state index contributed by atoms with van der Waals surface area (Å²) in [6.07, 6.45) is 0. The maximum absolute atomic E-state index is 2.67. The average molecular weight is 240 g/mol. The molecule has 0 spiro atoms. The molecule has 0 amide bonds. The van der Waals surface area contributed by atoms with Gasteiger partial charge in [0, 0.05) is 37.8 Å². The lowest BCUT2D eigenvalue weighted by molar-refractivity contribution is 0.143. The molecule has 0 N–H and O–H groups in total. The van der Waals surface area contributed by atoms with Gasteiger partial charge in [0.1, 0.15) is 0 Å². The van der Waals surface area contributed by atoms with Crippen LogP contribution in [0.2, 0.25) is 0 Å². The first-order valence-electron chi connectivity index (χ1n) is 7.37. The fraction of sp³-hybridized carbons (Fsp3) is 1.00. The Morgan fingerprint density at radius 3 is 1.59 bits per heavy atom. The molecule has 2 aliphatic heterocycles. The zero-order chi connectivity index (χ0) is 13.2. The lowest BCUT2D eigenvalue weighted by atomic mass is 10.0. The molecule has 2 rings (SSSR count). The molecule has 0 aromatic rings. The summed E-state index contributed by atoms with van der Waals surface area (Å²) < 4.78 is 0. The highest BCUT2D eigenvalue weighted by molar-refractivity contribution is 4.96. The van der Waals surface area contributed by atoms with Gasteiger partial charge in [-0.25, -0.2) is 0 Å². The van der Waals surface area contributed by atoms with Gasteiger partial charge in [-0.2, -0.15) is 0 Å². The Kier molecular flexibility index (Phi) is 5.03. The van der Waals surface area contributed by atoms with Crippen molar-refractivity contribution in [3.8, 4) is 0 Å². The van der Waals surface area contributed by atoms with E-state index < -0.39 is 0 Å². The zero-order valence-electron chi connectivity index (χ0n) is 13.0. The summed E-state index contributed by atoms with van der Waals surface area (Å²) in [4.78, 5) is 5.31. The molecule has 2 atom stereocenters. The molecule has 0 bridgehead atoms. The van der Waals surface area contributed by atoms with Gasteiger partial charge in [0.25, 0.3) is 0 Å². The van der Waals surface area contributed by atoms with Crippen LogP contribution >= 0.6 is 0 Å². The summed E-state index contributed by atoms with van der Waals surface area (Å²) >= 11 is 0. The molecule has 2 heterocycles. The highest BCUT2D eigenvalue weighted by atomic mass is 15.3. The Balaban J connectivity index is 0.000000686. The van der Waals surface area contributed by atoms with Crippen molar-refractivity contribution in [2.45, 2.75) is 60.0 Å². The van der Waals surface area contributed by atoms with Crippen molar-refractivity contribution in [3.05, 3.63) is 0 Å². The van der Waals surface area contributed by atoms with E-state index in [0.717, 1.165) is 17.9 Å². The summed E-state index contributed by atoms with van der Waals surface area (Å²) in [5, 5.41) is 0. The highest BCUT2D eigenvalue weighted by Gasteiger charge is 2.43. The van der Waals surface area contributed by atoms with E-state index >= 15 is 0 Å². The van der Waals surface area contributed by atoms with Crippen molar-refractivity contribution in [2.24, 2.45) is 11.8 Å². The van der Waals surface area contributed by atoms with Gasteiger partial charge in [-0.3, -0.25) is 4.90 Å². The number of fused-ring (bicyclic) bond motifs is 1. The Bertz CT molecular complexity index is 216. The van der Waals surface area contributed by atoms with Crippen LogP contribution in [0.5, 0.6) is 0 Å². The maximum atomic E-state index is 2.67. The molecular weight excluding hydrogens is 208 g/mol. The van der Waals surface area contributed by atoms with Crippen molar-refractivity contribution >= 4 is 0 Å². The van der Waals surface area contributed by atoms with Crippen LogP contribution in [0, 0.1) is 11.8 Å². The average Bonchev–Trinajstić information content (AvgIpc) is 2.75. The number of hydrogen-bond acceptors (Lipinski definition) is 2. The second-order valence-electron chi connectivity index (χ2n) is 6.64. The Morgan fingerprint density at radius 2 is 1.29 bits per heavy atom. The fourth-order valence-corrected chi connectivity index (χ4v) is 3.00. The second-order valence-corrected chi connectivity index (χ2v) is 6.64. The summed E-state index contributed by atoms with van der Waals surface area (Å²) in [6.45, 7) is 21.0. The van der Waals surface area contributed by atoms with Gasteiger partial charge in [0.15, 0.2) is 0 Å². The van der Waals surface area contributed by atoms with Crippen LogP contribution in [0.4, 0.5) is 0 Å². The van der Waals surface area contributed by atoms with Crippen molar-refractivity contribution in [3.63, 3.8) is 0 Å². The third-order valence-corrected chi connectivity index (χ3v) is 4.19. The zero-order valence-corrected chi connectivity index (χ0v) is 13.0. The topological polar surface area (TPSA) is 6.48 Å². The largest absolute Gasteiger partial charge is 0.300 e. The SMILES string of the molecule is CC.CC(C)N1CC2CN(C(C)(C)C)CC2C1. The van der Waals surface area contributed by atoms with Crippen LogP contribution in [0.15, 0.2) is 0 Å². The number of hydrogen-bond donors (Lipinski definition) is 0. The molecule has 0 saturated carbocycles. The van der Waals surface area contributed by atoms with E-state index in [1.54, 1.807) is 0 Å². The maximum Gasteiger partial charge on any atom is 0.0125 e. The van der Waals surface area contributed by atoms with Crippen molar-refractivity contribution < 1.29 is 0 Å². The first kappa shape index (κ1) is 15.0. The van der Waals surface area contributed by atoms with Gasteiger partial charge in [-0.05, 0) is 46.5 Å². The van der Waals surface area contributed by atoms with Crippen LogP contribution < -0.4 is 0 Å². The van der Waals surface area contributed by atoms with Crippen molar-refractivity contribution in [1.82, 2.24) is 9.80 Å². The van der Waals surface area contributed by atoms with E-state index in [1.165, 1.54) is 26.2 Å². The molecule has 2 nitrogen and oxygen atoms in total. The van der Waals surface area contributed by atoms with Gasteiger partial charge >= 0.3 is 0 Å². The Labute approximate surface area is 108 Å². The quantitative estimate of drug-likeness (QED) is 0.695.